The van der Waals surface area contributed by atoms with Gasteiger partial charge in [0, 0.05) is 5.56 Å². The molecule has 0 unspecified atom stereocenters. The van der Waals surface area contributed by atoms with Gasteiger partial charge in [-0.05, 0) is 25.1 Å². The Balaban J connectivity index is 2.07. The van der Waals surface area contributed by atoms with Crippen LogP contribution in [0.2, 0.25) is 0 Å². The van der Waals surface area contributed by atoms with Crippen LogP contribution in [0.1, 0.15) is 15.9 Å². The topological polar surface area (TPSA) is 89.4 Å². The SMILES string of the molecule is Cc1ccoc1-c1nnc(-c2ccccc2C(=O)O)o1. The molecular weight excluding hydrogens is 260 g/mol. The normalized spacial score (nSPS) is 10.7. The van der Waals surface area contributed by atoms with Gasteiger partial charge in [-0.3, -0.25) is 0 Å². The Bertz CT molecular complexity index is 773. The van der Waals surface area contributed by atoms with Crippen LogP contribution in [0.3, 0.4) is 0 Å². The highest BCUT2D eigenvalue weighted by Crippen LogP contribution is 2.28. The van der Waals surface area contributed by atoms with E-state index in [0.29, 0.717) is 11.3 Å². The lowest BCUT2D eigenvalue weighted by Crippen LogP contribution is -1.98. The van der Waals surface area contributed by atoms with Gasteiger partial charge in [-0.1, -0.05) is 12.1 Å². The Morgan fingerprint density at radius 2 is 1.90 bits per heavy atom. The summed E-state index contributed by atoms with van der Waals surface area (Å²) in [6.45, 7) is 1.86. The largest absolute Gasteiger partial charge is 0.478 e. The van der Waals surface area contributed by atoms with E-state index in [2.05, 4.69) is 10.2 Å². The van der Waals surface area contributed by atoms with Crippen LogP contribution in [0.25, 0.3) is 23.1 Å². The predicted molar refractivity (Wildman–Crippen MR) is 69.1 cm³/mol. The maximum atomic E-state index is 11.2. The zero-order valence-corrected chi connectivity index (χ0v) is 10.5. The molecule has 6 heteroatoms. The maximum absolute atomic E-state index is 11.2. The fourth-order valence-electron chi connectivity index (χ4n) is 1.87. The second-order valence-corrected chi connectivity index (χ2v) is 4.20. The molecule has 0 radical (unpaired) electrons. The molecule has 0 fully saturated rings. The van der Waals surface area contributed by atoms with Crippen LogP contribution >= 0.6 is 0 Å². The summed E-state index contributed by atoms with van der Waals surface area (Å²) < 4.78 is 10.8. The number of carboxylic acids is 1. The molecule has 6 nitrogen and oxygen atoms in total. The Morgan fingerprint density at radius 1 is 1.15 bits per heavy atom. The standard InChI is InChI=1S/C14H10N2O4/c1-8-6-7-19-11(8)13-16-15-12(20-13)9-4-2-3-5-10(9)14(17)18/h2-7H,1H3,(H,17,18). The summed E-state index contributed by atoms with van der Waals surface area (Å²) in [6, 6.07) is 8.24. The number of rotatable bonds is 3. The van der Waals surface area contributed by atoms with E-state index >= 15 is 0 Å². The van der Waals surface area contributed by atoms with Gasteiger partial charge in [0.25, 0.3) is 5.89 Å². The number of carbonyl (C=O) groups is 1. The molecule has 1 N–H and O–H groups in total. The zero-order chi connectivity index (χ0) is 14.1. The third-order valence-electron chi connectivity index (χ3n) is 2.87. The second-order valence-electron chi connectivity index (χ2n) is 4.20. The minimum absolute atomic E-state index is 0.110. The molecule has 0 aliphatic carbocycles. The molecule has 0 saturated carbocycles. The third-order valence-corrected chi connectivity index (χ3v) is 2.87. The summed E-state index contributed by atoms with van der Waals surface area (Å²) in [7, 11) is 0. The molecular formula is C14H10N2O4. The van der Waals surface area contributed by atoms with Gasteiger partial charge in [-0.25, -0.2) is 4.79 Å². The summed E-state index contributed by atoms with van der Waals surface area (Å²) >= 11 is 0. The number of carboxylic acid groups (broad SMARTS) is 1. The summed E-state index contributed by atoms with van der Waals surface area (Å²) in [5, 5.41) is 16.9. The van der Waals surface area contributed by atoms with Crippen molar-refractivity contribution in [2.75, 3.05) is 0 Å². The van der Waals surface area contributed by atoms with Gasteiger partial charge in [0.15, 0.2) is 5.76 Å². The Hall–Kier alpha value is -2.89. The molecule has 100 valence electrons. The molecule has 0 spiro atoms. The molecule has 1 aromatic carbocycles. The number of furan rings is 1. The fourth-order valence-corrected chi connectivity index (χ4v) is 1.87. The van der Waals surface area contributed by atoms with Crippen molar-refractivity contribution in [2.24, 2.45) is 0 Å². The smallest absolute Gasteiger partial charge is 0.336 e. The minimum Gasteiger partial charge on any atom is -0.478 e. The lowest BCUT2D eigenvalue weighted by molar-refractivity contribution is 0.0697. The van der Waals surface area contributed by atoms with Gasteiger partial charge < -0.3 is 13.9 Å². The molecule has 2 heterocycles. The summed E-state index contributed by atoms with van der Waals surface area (Å²) in [5.41, 5.74) is 1.36. The molecule has 0 saturated heterocycles. The van der Waals surface area contributed by atoms with E-state index in [1.54, 1.807) is 24.3 Å². The van der Waals surface area contributed by atoms with Crippen molar-refractivity contribution in [3.05, 3.63) is 47.7 Å². The van der Waals surface area contributed by atoms with Gasteiger partial charge in [0.2, 0.25) is 5.89 Å². The monoisotopic (exact) mass is 270 g/mol. The molecule has 3 aromatic rings. The third kappa shape index (κ3) is 1.97. The van der Waals surface area contributed by atoms with Crippen molar-refractivity contribution in [3.63, 3.8) is 0 Å². The van der Waals surface area contributed by atoms with E-state index in [1.165, 1.54) is 12.3 Å². The molecule has 2 aromatic heterocycles. The second kappa shape index (κ2) is 4.65. The number of nitrogens with zero attached hydrogens (tertiary/aromatic N) is 2. The highest BCUT2D eigenvalue weighted by Gasteiger charge is 2.19. The highest BCUT2D eigenvalue weighted by molar-refractivity contribution is 5.94. The number of hydrogen-bond donors (Lipinski definition) is 1. The molecule has 0 atom stereocenters. The molecule has 0 aliphatic heterocycles. The van der Waals surface area contributed by atoms with Gasteiger partial charge in [0.1, 0.15) is 0 Å². The van der Waals surface area contributed by atoms with E-state index in [1.807, 2.05) is 6.92 Å². The average molecular weight is 270 g/mol. The molecule has 20 heavy (non-hydrogen) atoms. The van der Waals surface area contributed by atoms with Gasteiger partial charge in [-0.15, -0.1) is 10.2 Å². The van der Waals surface area contributed by atoms with E-state index < -0.39 is 5.97 Å². The molecule has 0 bridgehead atoms. The van der Waals surface area contributed by atoms with E-state index in [-0.39, 0.29) is 17.3 Å². The van der Waals surface area contributed by atoms with Crippen LogP contribution in [-0.2, 0) is 0 Å². The Kier molecular flexibility index (Phi) is 2.83. The first kappa shape index (κ1) is 12.2. The van der Waals surface area contributed by atoms with Crippen LogP contribution in [0.15, 0.2) is 45.4 Å². The van der Waals surface area contributed by atoms with Crippen molar-refractivity contribution in [1.82, 2.24) is 10.2 Å². The summed E-state index contributed by atoms with van der Waals surface area (Å²) in [4.78, 5) is 11.2. The van der Waals surface area contributed by atoms with Crippen LogP contribution in [-0.4, -0.2) is 21.3 Å². The summed E-state index contributed by atoms with van der Waals surface area (Å²) in [6.07, 6.45) is 1.53. The molecule has 0 aliphatic rings. The Morgan fingerprint density at radius 3 is 2.60 bits per heavy atom. The summed E-state index contributed by atoms with van der Waals surface area (Å²) in [5.74, 6) is -0.192. The van der Waals surface area contributed by atoms with Crippen LogP contribution in [0.4, 0.5) is 0 Å². The van der Waals surface area contributed by atoms with Crippen LogP contribution in [0.5, 0.6) is 0 Å². The number of benzene rings is 1. The molecule has 3 rings (SSSR count). The van der Waals surface area contributed by atoms with E-state index in [4.69, 9.17) is 13.9 Å². The lowest BCUT2D eigenvalue weighted by Gasteiger charge is -1.99. The fraction of sp³-hybridized carbons (Fsp3) is 0.0714. The van der Waals surface area contributed by atoms with Gasteiger partial charge in [-0.2, -0.15) is 0 Å². The highest BCUT2D eigenvalue weighted by atomic mass is 16.4. The van der Waals surface area contributed by atoms with Crippen molar-refractivity contribution in [1.29, 1.82) is 0 Å². The number of hydrogen-bond acceptors (Lipinski definition) is 5. The van der Waals surface area contributed by atoms with Crippen molar-refractivity contribution in [2.45, 2.75) is 6.92 Å². The van der Waals surface area contributed by atoms with E-state index in [9.17, 15) is 4.79 Å². The quantitative estimate of drug-likeness (QED) is 0.786. The average Bonchev–Trinajstić information content (AvgIpc) is 3.07. The van der Waals surface area contributed by atoms with Crippen LogP contribution < -0.4 is 0 Å². The maximum Gasteiger partial charge on any atom is 0.336 e. The predicted octanol–water partition coefficient (Wildman–Crippen LogP) is 3.00. The number of aryl methyl sites for hydroxylation is 1. The first-order chi connectivity index (χ1) is 9.66. The molecule has 0 amide bonds. The van der Waals surface area contributed by atoms with Crippen LogP contribution in [0, 0.1) is 6.92 Å². The van der Waals surface area contributed by atoms with Gasteiger partial charge in [0.05, 0.1) is 17.4 Å². The number of aromatic carboxylic acids is 1. The number of aromatic nitrogens is 2. The van der Waals surface area contributed by atoms with Crippen molar-refractivity contribution >= 4 is 5.97 Å². The zero-order valence-electron chi connectivity index (χ0n) is 10.5. The van der Waals surface area contributed by atoms with Crippen molar-refractivity contribution in [3.8, 4) is 23.1 Å². The first-order valence-corrected chi connectivity index (χ1v) is 5.87. The lowest BCUT2D eigenvalue weighted by atomic mass is 10.1. The Labute approximate surface area is 113 Å². The first-order valence-electron chi connectivity index (χ1n) is 5.87. The van der Waals surface area contributed by atoms with Gasteiger partial charge >= 0.3 is 5.97 Å². The minimum atomic E-state index is -1.05. The van der Waals surface area contributed by atoms with Crippen molar-refractivity contribution < 1.29 is 18.7 Å². The van der Waals surface area contributed by atoms with E-state index in [0.717, 1.165) is 5.56 Å².